The number of allylic oxidation sites excluding steroid dienone is 1. The summed E-state index contributed by atoms with van der Waals surface area (Å²) in [7, 11) is 0. The number of ether oxygens (including phenoxy) is 1. The number of hydrogen-bond donors (Lipinski definition) is 1. The SMILES string of the molecule is CC(=O)OC/C(N)=C/C(=O)c1ccc(Cl)c(Cl)c1. The summed E-state index contributed by atoms with van der Waals surface area (Å²) in [6.07, 6.45) is 1.18. The molecule has 0 radical (unpaired) electrons. The van der Waals surface area contributed by atoms with E-state index >= 15 is 0 Å². The number of benzene rings is 1. The molecule has 1 rings (SSSR count). The van der Waals surface area contributed by atoms with Crippen molar-refractivity contribution in [2.75, 3.05) is 6.61 Å². The first-order valence-corrected chi connectivity index (χ1v) is 5.74. The van der Waals surface area contributed by atoms with E-state index in [-0.39, 0.29) is 23.1 Å². The predicted molar refractivity (Wildman–Crippen MR) is 69.7 cm³/mol. The Morgan fingerprint density at radius 3 is 2.56 bits per heavy atom. The van der Waals surface area contributed by atoms with Crippen molar-refractivity contribution < 1.29 is 14.3 Å². The van der Waals surface area contributed by atoms with Crippen molar-refractivity contribution in [3.63, 3.8) is 0 Å². The third kappa shape index (κ3) is 4.39. The molecule has 0 aliphatic heterocycles. The summed E-state index contributed by atoms with van der Waals surface area (Å²) in [6.45, 7) is 1.14. The average molecular weight is 288 g/mol. The Morgan fingerprint density at radius 2 is 2.00 bits per heavy atom. The zero-order valence-corrected chi connectivity index (χ0v) is 11.1. The number of esters is 1. The second kappa shape index (κ2) is 6.42. The molecule has 96 valence electrons. The Bertz CT molecular complexity index is 512. The summed E-state index contributed by atoms with van der Waals surface area (Å²) in [6, 6.07) is 4.50. The lowest BCUT2D eigenvalue weighted by atomic mass is 10.1. The first kappa shape index (κ1) is 14.5. The minimum atomic E-state index is -0.465. The van der Waals surface area contributed by atoms with Crippen LogP contribution in [0.2, 0.25) is 10.0 Å². The molecule has 0 atom stereocenters. The highest BCUT2D eigenvalue weighted by molar-refractivity contribution is 6.42. The van der Waals surface area contributed by atoms with Gasteiger partial charge in [-0.15, -0.1) is 0 Å². The normalized spacial score (nSPS) is 11.2. The van der Waals surface area contributed by atoms with Gasteiger partial charge in [0, 0.05) is 18.6 Å². The molecule has 0 saturated carbocycles. The van der Waals surface area contributed by atoms with Gasteiger partial charge in [0.05, 0.1) is 15.7 Å². The van der Waals surface area contributed by atoms with Crippen LogP contribution in [0.25, 0.3) is 0 Å². The van der Waals surface area contributed by atoms with Gasteiger partial charge < -0.3 is 10.5 Å². The Balaban J connectivity index is 2.77. The van der Waals surface area contributed by atoms with Gasteiger partial charge in [-0.3, -0.25) is 9.59 Å². The summed E-state index contributed by atoms with van der Waals surface area (Å²) in [5.74, 6) is -0.799. The number of nitrogens with two attached hydrogens (primary N) is 1. The maximum absolute atomic E-state index is 11.8. The van der Waals surface area contributed by atoms with E-state index in [0.29, 0.717) is 10.6 Å². The van der Waals surface area contributed by atoms with Crippen LogP contribution in [0, 0.1) is 0 Å². The zero-order valence-electron chi connectivity index (χ0n) is 9.57. The number of carbonyl (C=O) groups excluding carboxylic acids is 2. The second-order valence-corrected chi connectivity index (χ2v) is 4.31. The van der Waals surface area contributed by atoms with E-state index in [9.17, 15) is 9.59 Å². The van der Waals surface area contributed by atoms with Crippen LogP contribution in [0.15, 0.2) is 30.0 Å². The fourth-order valence-electron chi connectivity index (χ4n) is 1.13. The van der Waals surface area contributed by atoms with Crippen LogP contribution in [0.4, 0.5) is 0 Å². The smallest absolute Gasteiger partial charge is 0.303 e. The van der Waals surface area contributed by atoms with E-state index in [4.69, 9.17) is 28.9 Å². The lowest BCUT2D eigenvalue weighted by Crippen LogP contribution is -2.11. The maximum Gasteiger partial charge on any atom is 0.303 e. The number of halogens is 2. The summed E-state index contributed by atoms with van der Waals surface area (Å²) in [5, 5.41) is 0.652. The van der Waals surface area contributed by atoms with Crippen LogP contribution in [0.3, 0.4) is 0 Å². The van der Waals surface area contributed by atoms with E-state index in [1.807, 2.05) is 0 Å². The van der Waals surface area contributed by atoms with E-state index in [1.165, 1.54) is 31.2 Å². The monoisotopic (exact) mass is 287 g/mol. The van der Waals surface area contributed by atoms with Gasteiger partial charge in [-0.2, -0.15) is 0 Å². The van der Waals surface area contributed by atoms with E-state index in [0.717, 1.165) is 0 Å². The third-order valence-electron chi connectivity index (χ3n) is 1.96. The fourth-order valence-corrected chi connectivity index (χ4v) is 1.43. The molecule has 0 heterocycles. The molecule has 4 nitrogen and oxygen atoms in total. The van der Waals surface area contributed by atoms with E-state index < -0.39 is 5.97 Å². The molecule has 2 N–H and O–H groups in total. The molecule has 1 aromatic carbocycles. The molecule has 0 spiro atoms. The second-order valence-electron chi connectivity index (χ2n) is 3.49. The van der Waals surface area contributed by atoms with Gasteiger partial charge in [-0.25, -0.2) is 0 Å². The quantitative estimate of drug-likeness (QED) is 0.525. The van der Waals surface area contributed by atoms with E-state index in [2.05, 4.69) is 4.74 Å². The predicted octanol–water partition coefficient (Wildman–Crippen LogP) is 2.58. The minimum Gasteiger partial charge on any atom is -0.459 e. The minimum absolute atomic E-state index is 0.123. The Morgan fingerprint density at radius 1 is 1.33 bits per heavy atom. The van der Waals surface area contributed by atoms with Crippen LogP contribution in [0.1, 0.15) is 17.3 Å². The molecule has 0 amide bonds. The molecule has 0 aliphatic carbocycles. The lowest BCUT2D eigenvalue weighted by Gasteiger charge is -2.03. The van der Waals surface area contributed by atoms with Crippen molar-refractivity contribution in [2.24, 2.45) is 5.73 Å². The third-order valence-corrected chi connectivity index (χ3v) is 2.70. The van der Waals surface area contributed by atoms with Crippen molar-refractivity contribution in [3.8, 4) is 0 Å². The van der Waals surface area contributed by atoms with Crippen molar-refractivity contribution >= 4 is 35.0 Å². The topological polar surface area (TPSA) is 69.4 Å². The van der Waals surface area contributed by atoms with Crippen LogP contribution >= 0.6 is 23.2 Å². The highest BCUT2D eigenvalue weighted by Gasteiger charge is 2.07. The highest BCUT2D eigenvalue weighted by Crippen LogP contribution is 2.22. The molecule has 0 unspecified atom stereocenters. The molecule has 6 heteroatoms. The maximum atomic E-state index is 11.8. The van der Waals surface area contributed by atoms with Crippen LogP contribution in [-0.4, -0.2) is 18.4 Å². The number of rotatable bonds is 4. The molecule has 1 aromatic rings. The Labute approximate surface area is 114 Å². The Kier molecular flexibility index (Phi) is 5.19. The number of carbonyl (C=O) groups is 2. The molecular formula is C12H11Cl2NO3. The van der Waals surface area contributed by atoms with Gasteiger partial charge in [0.2, 0.25) is 0 Å². The Hall–Kier alpha value is -1.52. The summed E-state index contributed by atoms with van der Waals surface area (Å²) in [5.41, 5.74) is 6.04. The largest absolute Gasteiger partial charge is 0.459 e. The summed E-state index contributed by atoms with van der Waals surface area (Å²) < 4.78 is 4.65. The zero-order chi connectivity index (χ0) is 13.7. The van der Waals surface area contributed by atoms with Gasteiger partial charge in [-0.1, -0.05) is 23.2 Å². The summed E-state index contributed by atoms with van der Waals surface area (Å²) >= 11 is 11.5. The fraction of sp³-hybridized carbons (Fsp3) is 0.167. The van der Waals surface area contributed by atoms with Crippen LogP contribution in [-0.2, 0) is 9.53 Å². The van der Waals surface area contributed by atoms with Crippen molar-refractivity contribution in [3.05, 3.63) is 45.6 Å². The molecule has 0 aromatic heterocycles. The van der Waals surface area contributed by atoms with Gasteiger partial charge in [0.1, 0.15) is 6.61 Å². The number of hydrogen-bond acceptors (Lipinski definition) is 4. The number of ketones is 1. The van der Waals surface area contributed by atoms with Gasteiger partial charge in [-0.05, 0) is 18.2 Å². The van der Waals surface area contributed by atoms with Crippen LogP contribution in [0.5, 0.6) is 0 Å². The molecular weight excluding hydrogens is 277 g/mol. The first-order chi connectivity index (χ1) is 8.40. The molecule has 0 fully saturated rings. The molecule has 0 aliphatic rings. The van der Waals surface area contributed by atoms with Crippen LogP contribution < -0.4 is 5.73 Å². The average Bonchev–Trinajstić information content (AvgIpc) is 2.30. The van der Waals surface area contributed by atoms with Crippen molar-refractivity contribution in [1.82, 2.24) is 0 Å². The molecule has 18 heavy (non-hydrogen) atoms. The molecule has 0 bridgehead atoms. The van der Waals surface area contributed by atoms with Gasteiger partial charge in [0.15, 0.2) is 5.78 Å². The van der Waals surface area contributed by atoms with Crippen molar-refractivity contribution in [2.45, 2.75) is 6.92 Å². The van der Waals surface area contributed by atoms with Crippen molar-refractivity contribution in [1.29, 1.82) is 0 Å². The molecule has 0 saturated heterocycles. The lowest BCUT2D eigenvalue weighted by molar-refractivity contribution is -0.140. The first-order valence-electron chi connectivity index (χ1n) is 4.99. The van der Waals surface area contributed by atoms with E-state index in [1.54, 1.807) is 0 Å². The summed E-state index contributed by atoms with van der Waals surface area (Å²) in [4.78, 5) is 22.3. The standard InChI is InChI=1S/C12H11Cl2NO3/c1-7(16)18-6-9(15)5-12(17)8-2-3-10(13)11(14)4-8/h2-5H,6,15H2,1H3/b9-5-. The van der Waals surface area contributed by atoms with Gasteiger partial charge in [0.25, 0.3) is 0 Å². The highest BCUT2D eigenvalue weighted by atomic mass is 35.5. The van der Waals surface area contributed by atoms with Gasteiger partial charge >= 0.3 is 5.97 Å².